The van der Waals surface area contributed by atoms with E-state index >= 15 is 0 Å². The molecule has 0 bridgehead atoms. The van der Waals surface area contributed by atoms with Crippen molar-refractivity contribution in [2.24, 2.45) is 5.92 Å². The van der Waals surface area contributed by atoms with Crippen LogP contribution in [0.25, 0.3) is 33.4 Å². The summed E-state index contributed by atoms with van der Waals surface area (Å²) in [5, 5.41) is 4.71. The standard InChI is InChI=1S/C31H27N5/c1-4-11-22-18-24(20-32-19-22)30-34-26-16-10-14-25(23-12-6-5-7-13-23)28(26)31(36-30)35-29(21(2)3)27-15-8-9-17-33-27/h1,5-10,12-21,29H,11H2,2-3H3,(H,34,35,36). The number of nitrogens with zero attached hydrogens (tertiary/aromatic N) is 4. The second-order valence-corrected chi connectivity index (χ2v) is 9.04. The van der Waals surface area contributed by atoms with Gasteiger partial charge < -0.3 is 5.32 Å². The van der Waals surface area contributed by atoms with Crippen molar-refractivity contribution >= 4 is 16.7 Å². The number of pyridine rings is 2. The number of hydrogen-bond donors (Lipinski definition) is 1. The van der Waals surface area contributed by atoms with E-state index in [-0.39, 0.29) is 12.0 Å². The van der Waals surface area contributed by atoms with Crippen LogP contribution in [0.2, 0.25) is 0 Å². The Balaban J connectivity index is 1.72. The van der Waals surface area contributed by atoms with Gasteiger partial charge in [-0.15, -0.1) is 12.3 Å². The number of aromatic nitrogens is 4. The van der Waals surface area contributed by atoms with Crippen LogP contribution in [0.15, 0.2) is 91.4 Å². The highest BCUT2D eigenvalue weighted by atomic mass is 15.1. The van der Waals surface area contributed by atoms with Crippen LogP contribution >= 0.6 is 0 Å². The summed E-state index contributed by atoms with van der Waals surface area (Å²) < 4.78 is 0. The molecular formula is C31H27N5. The SMILES string of the molecule is C#CCc1cncc(-c2nc(NC(c3ccccn3)C(C)C)c3c(-c4ccccc4)cccc3n2)c1. The fraction of sp³-hybridized carbons (Fsp3) is 0.161. The summed E-state index contributed by atoms with van der Waals surface area (Å²) in [7, 11) is 0. The van der Waals surface area contributed by atoms with Gasteiger partial charge in [-0.1, -0.05) is 62.4 Å². The third-order valence-corrected chi connectivity index (χ3v) is 6.13. The van der Waals surface area contributed by atoms with Crippen molar-refractivity contribution in [3.05, 3.63) is 103 Å². The largest absolute Gasteiger partial charge is 0.361 e. The average Bonchev–Trinajstić information content (AvgIpc) is 2.92. The molecule has 0 spiro atoms. The molecule has 0 amide bonds. The monoisotopic (exact) mass is 469 g/mol. The van der Waals surface area contributed by atoms with Crippen molar-refractivity contribution in [2.45, 2.75) is 26.3 Å². The van der Waals surface area contributed by atoms with Gasteiger partial charge in [-0.2, -0.15) is 0 Å². The van der Waals surface area contributed by atoms with E-state index in [0.717, 1.165) is 44.7 Å². The molecule has 36 heavy (non-hydrogen) atoms. The molecule has 1 unspecified atom stereocenters. The fourth-order valence-electron chi connectivity index (χ4n) is 4.39. The van der Waals surface area contributed by atoms with Crippen LogP contribution in [0.4, 0.5) is 5.82 Å². The number of rotatable bonds is 7. The molecule has 5 rings (SSSR count). The molecule has 0 saturated heterocycles. The highest BCUT2D eigenvalue weighted by Crippen LogP contribution is 2.36. The van der Waals surface area contributed by atoms with E-state index in [9.17, 15) is 0 Å². The summed E-state index contributed by atoms with van der Waals surface area (Å²) in [4.78, 5) is 19.0. The summed E-state index contributed by atoms with van der Waals surface area (Å²) in [5.74, 6) is 4.33. The molecule has 1 atom stereocenters. The molecule has 0 fully saturated rings. The molecule has 0 radical (unpaired) electrons. The highest BCUT2D eigenvalue weighted by Gasteiger charge is 2.21. The van der Waals surface area contributed by atoms with Crippen molar-refractivity contribution < 1.29 is 0 Å². The molecule has 3 aromatic heterocycles. The molecule has 176 valence electrons. The minimum Gasteiger partial charge on any atom is -0.361 e. The minimum absolute atomic E-state index is 0.0353. The Labute approximate surface area is 211 Å². The van der Waals surface area contributed by atoms with Crippen LogP contribution in [0.3, 0.4) is 0 Å². The Morgan fingerprint density at radius 1 is 0.889 bits per heavy atom. The first kappa shape index (κ1) is 23.2. The van der Waals surface area contributed by atoms with Crippen LogP contribution in [-0.2, 0) is 6.42 Å². The highest BCUT2D eigenvalue weighted by molar-refractivity contribution is 6.02. The zero-order valence-corrected chi connectivity index (χ0v) is 20.4. The smallest absolute Gasteiger partial charge is 0.163 e. The number of hydrogen-bond acceptors (Lipinski definition) is 5. The third kappa shape index (κ3) is 4.80. The summed E-state index contributed by atoms with van der Waals surface area (Å²) in [6, 6.07) is 24.5. The summed E-state index contributed by atoms with van der Waals surface area (Å²) >= 11 is 0. The maximum Gasteiger partial charge on any atom is 0.163 e. The van der Waals surface area contributed by atoms with Crippen LogP contribution in [-0.4, -0.2) is 19.9 Å². The van der Waals surface area contributed by atoms with E-state index in [0.29, 0.717) is 12.2 Å². The zero-order chi connectivity index (χ0) is 24.9. The lowest BCUT2D eigenvalue weighted by molar-refractivity contribution is 0.534. The first-order valence-electron chi connectivity index (χ1n) is 12.1. The number of benzene rings is 2. The second kappa shape index (κ2) is 10.4. The van der Waals surface area contributed by atoms with Crippen molar-refractivity contribution in [3.63, 3.8) is 0 Å². The van der Waals surface area contributed by atoms with Crippen LogP contribution in [0.5, 0.6) is 0 Å². The first-order chi connectivity index (χ1) is 17.6. The maximum absolute atomic E-state index is 5.53. The molecule has 1 N–H and O–H groups in total. The van der Waals surface area contributed by atoms with Gasteiger partial charge in [0.25, 0.3) is 0 Å². The van der Waals surface area contributed by atoms with E-state index in [1.54, 1.807) is 12.4 Å². The Kier molecular flexibility index (Phi) is 6.68. The topological polar surface area (TPSA) is 63.6 Å². The van der Waals surface area contributed by atoms with E-state index < -0.39 is 0 Å². The Bertz CT molecular complexity index is 1520. The Morgan fingerprint density at radius 2 is 1.72 bits per heavy atom. The van der Waals surface area contributed by atoms with Gasteiger partial charge in [0.15, 0.2) is 5.82 Å². The van der Waals surface area contributed by atoms with E-state index in [1.807, 2.05) is 60.8 Å². The van der Waals surface area contributed by atoms with Crippen molar-refractivity contribution in [3.8, 4) is 34.9 Å². The fourth-order valence-corrected chi connectivity index (χ4v) is 4.39. The summed E-state index contributed by atoms with van der Waals surface area (Å²) in [5.41, 5.74) is 5.80. The lowest BCUT2D eigenvalue weighted by Gasteiger charge is -2.24. The minimum atomic E-state index is -0.0353. The molecule has 0 saturated carbocycles. The average molecular weight is 470 g/mol. The molecule has 5 aromatic rings. The van der Waals surface area contributed by atoms with Crippen LogP contribution in [0, 0.1) is 18.3 Å². The van der Waals surface area contributed by atoms with Crippen LogP contribution < -0.4 is 5.32 Å². The zero-order valence-electron chi connectivity index (χ0n) is 20.4. The van der Waals surface area contributed by atoms with Gasteiger partial charge in [0.05, 0.1) is 22.6 Å². The number of anilines is 1. The molecule has 5 heteroatoms. The van der Waals surface area contributed by atoms with Gasteiger partial charge in [-0.05, 0) is 46.9 Å². The lowest BCUT2D eigenvalue weighted by atomic mass is 9.98. The lowest BCUT2D eigenvalue weighted by Crippen LogP contribution is -2.19. The molecule has 3 heterocycles. The maximum atomic E-state index is 5.53. The normalized spacial score (nSPS) is 11.8. The number of nitrogens with one attached hydrogen (secondary N) is 1. The van der Waals surface area contributed by atoms with Crippen molar-refractivity contribution in [1.29, 1.82) is 0 Å². The van der Waals surface area contributed by atoms with Gasteiger partial charge in [0, 0.05) is 30.6 Å². The number of terminal acetylenes is 1. The van der Waals surface area contributed by atoms with E-state index in [1.165, 1.54) is 0 Å². The molecular weight excluding hydrogens is 442 g/mol. The summed E-state index contributed by atoms with van der Waals surface area (Å²) in [6.07, 6.45) is 11.4. The van der Waals surface area contributed by atoms with Gasteiger partial charge >= 0.3 is 0 Å². The quantitative estimate of drug-likeness (QED) is 0.268. The molecule has 0 aliphatic heterocycles. The third-order valence-electron chi connectivity index (χ3n) is 6.13. The second-order valence-electron chi connectivity index (χ2n) is 9.04. The van der Waals surface area contributed by atoms with Gasteiger partial charge in [0.1, 0.15) is 5.82 Å². The predicted octanol–water partition coefficient (Wildman–Crippen LogP) is 6.74. The number of fused-ring (bicyclic) bond motifs is 1. The van der Waals surface area contributed by atoms with Gasteiger partial charge in [-0.25, -0.2) is 9.97 Å². The first-order valence-corrected chi connectivity index (χ1v) is 12.1. The molecule has 0 aliphatic rings. The van der Waals surface area contributed by atoms with Gasteiger partial charge in [0.2, 0.25) is 0 Å². The van der Waals surface area contributed by atoms with Crippen molar-refractivity contribution in [2.75, 3.05) is 5.32 Å². The van der Waals surface area contributed by atoms with Crippen molar-refractivity contribution in [1.82, 2.24) is 19.9 Å². The molecule has 2 aromatic carbocycles. The van der Waals surface area contributed by atoms with Gasteiger partial charge in [-0.3, -0.25) is 9.97 Å². The molecule has 0 aliphatic carbocycles. The van der Waals surface area contributed by atoms with Crippen LogP contribution in [0.1, 0.15) is 31.1 Å². The molecule has 5 nitrogen and oxygen atoms in total. The van der Waals surface area contributed by atoms with E-state index in [4.69, 9.17) is 16.4 Å². The summed E-state index contributed by atoms with van der Waals surface area (Å²) in [6.45, 7) is 4.36. The predicted molar refractivity (Wildman–Crippen MR) is 146 cm³/mol. The Morgan fingerprint density at radius 3 is 2.47 bits per heavy atom. The Hall–Kier alpha value is -4.56. The van der Waals surface area contributed by atoms with E-state index in [2.05, 4.69) is 53.3 Å².